The molecule has 0 aliphatic rings. The van der Waals surface area contributed by atoms with Gasteiger partial charge in [-0.3, -0.25) is 10.1 Å². The van der Waals surface area contributed by atoms with Crippen LogP contribution in [0, 0.1) is 10.1 Å². The van der Waals surface area contributed by atoms with Gasteiger partial charge in [0.1, 0.15) is 0 Å². The molecule has 2 N–H and O–H groups in total. The fraction of sp³-hybridized carbons (Fsp3) is 0.308. The first-order chi connectivity index (χ1) is 11.3. The monoisotopic (exact) mass is 369 g/mol. The summed E-state index contributed by atoms with van der Waals surface area (Å²) in [4.78, 5) is 14.7. The molecule has 0 aliphatic carbocycles. The minimum atomic E-state index is -3.91. The maximum atomic E-state index is 11.2. The lowest BCUT2D eigenvalue weighted by molar-refractivity contribution is -0.483. The summed E-state index contributed by atoms with van der Waals surface area (Å²) in [6.07, 6.45) is 0.343. The third-order valence-electron chi connectivity index (χ3n) is 3.11. The Morgan fingerprint density at radius 2 is 2.04 bits per heavy atom. The Hall–Kier alpha value is -2.24. The number of nitrogens with two attached hydrogens (primary N) is 1. The van der Waals surface area contributed by atoms with Gasteiger partial charge in [0.2, 0.25) is 16.0 Å². The topological polar surface area (TPSA) is 141 Å². The highest BCUT2D eigenvalue weighted by Gasteiger charge is 2.20. The summed E-state index contributed by atoms with van der Waals surface area (Å²) in [5, 5.41) is 23.1. The van der Waals surface area contributed by atoms with Crippen LogP contribution in [0.15, 0.2) is 39.7 Å². The molecule has 0 amide bonds. The zero-order valence-electron chi connectivity index (χ0n) is 12.7. The van der Waals surface area contributed by atoms with Crippen LogP contribution in [-0.4, -0.2) is 35.8 Å². The number of primary sulfonamides is 1. The number of sulfonamides is 1. The predicted molar refractivity (Wildman–Crippen MR) is 89.7 cm³/mol. The standard InChI is InChI=1S/C13H15N5O4S2/c1-9(15-12-16-17-13(23-12)24(14,21)22)7-11(8-18(19)20)10-5-3-2-4-6-10/h2-6,11H,7-8H2,1H3,(H2,14,21,22)/b15-9-. The summed E-state index contributed by atoms with van der Waals surface area (Å²) >= 11 is 0.748. The highest BCUT2D eigenvalue weighted by atomic mass is 32.2. The summed E-state index contributed by atoms with van der Waals surface area (Å²) in [5.41, 5.74) is 1.43. The molecule has 24 heavy (non-hydrogen) atoms. The molecule has 1 aromatic heterocycles. The molecule has 11 heteroatoms. The molecule has 0 saturated carbocycles. The van der Waals surface area contributed by atoms with Gasteiger partial charge in [-0.1, -0.05) is 41.7 Å². The highest BCUT2D eigenvalue weighted by molar-refractivity contribution is 7.91. The number of hydrogen-bond donors (Lipinski definition) is 1. The van der Waals surface area contributed by atoms with Crippen molar-refractivity contribution in [2.24, 2.45) is 10.1 Å². The van der Waals surface area contributed by atoms with Crippen molar-refractivity contribution in [3.8, 4) is 0 Å². The predicted octanol–water partition coefficient (Wildman–Crippen LogP) is 1.73. The molecule has 1 heterocycles. The van der Waals surface area contributed by atoms with Crippen LogP contribution < -0.4 is 5.14 Å². The van der Waals surface area contributed by atoms with Crippen LogP contribution in [0.1, 0.15) is 24.8 Å². The van der Waals surface area contributed by atoms with Gasteiger partial charge in [-0.25, -0.2) is 18.5 Å². The van der Waals surface area contributed by atoms with E-state index in [9.17, 15) is 18.5 Å². The van der Waals surface area contributed by atoms with E-state index in [-0.39, 0.29) is 26.9 Å². The van der Waals surface area contributed by atoms with Gasteiger partial charge >= 0.3 is 0 Å². The van der Waals surface area contributed by atoms with Crippen molar-refractivity contribution in [2.45, 2.75) is 23.6 Å². The van der Waals surface area contributed by atoms with Crippen molar-refractivity contribution in [3.63, 3.8) is 0 Å². The van der Waals surface area contributed by atoms with Gasteiger partial charge in [0.15, 0.2) is 0 Å². The summed E-state index contributed by atoms with van der Waals surface area (Å²) in [5.74, 6) is -0.337. The van der Waals surface area contributed by atoms with Crippen molar-refractivity contribution >= 4 is 32.2 Å². The molecule has 128 valence electrons. The SMILES string of the molecule is C/C(CC(C[N+](=O)[O-])c1ccccc1)=N/c1nnc(S(N)(=O)=O)s1. The zero-order chi connectivity index (χ0) is 17.7. The molecule has 0 radical (unpaired) electrons. The van der Waals surface area contributed by atoms with Crippen molar-refractivity contribution in [1.29, 1.82) is 0 Å². The third-order valence-corrected chi connectivity index (χ3v) is 5.24. The first kappa shape index (κ1) is 18.1. The number of benzene rings is 1. The second kappa shape index (κ2) is 7.55. The number of aromatic nitrogens is 2. The Morgan fingerprint density at radius 1 is 1.38 bits per heavy atom. The van der Waals surface area contributed by atoms with Crippen LogP contribution in [0.5, 0.6) is 0 Å². The average Bonchev–Trinajstić information content (AvgIpc) is 2.95. The summed E-state index contributed by atoms with van der Waals surface area (Å²) < 4.78 is 22.0. The van der Waals surface area contributed by atoms with E-state index >= 15 is 0 Å². The van der Waals surface area contributed by atoms with Crippen LogP contribution in [0.25, 0.3) is 0 Å². The Balaban J connectivity index is 2.19. The number of rotatable bonds is 7. The van der Waals surface area contributed by atoms with E-state index in [0.29, 0.717) is 12.1 Å². The first-order valence-corrected chi connectivity index (χ1v) is 9.19. The molecule has 0 spiro atoms. The smallest absolute Gasteiger partial charge is 0.265 e. The zero-order valence-corrected chi connectivity index (χ0v) is 14.3. The second-order valence-corrected chi connectivity index (χ2v) is 7.76. The Morgan fingerprint density at radius 3 is 2.58 bits per heavy atom. The Bertz CT molecular complexity index is 848. The largest absolute Gasteiger partial charge is 0.267 e. The quantitative estimate of drug-likeness (QED) is 0.447. The normalized spacial score (nSPS) is 13.7. The van der Waals surface area contributed by atoms with E-state index in [0.717, 1.165) is 16.9 Å². The van der Waals surface area contributed by atoms with Gasteiger partial charge in [-0.15, -0.1) is 10.2 Å². The van der Waals surface area contributed by atoms with Gasteiger partial charge in [0, 0.05) is 10.6 Å². The molecule has 2 rings (SSSR count). The summed E-state index contributed by atoms with van der Waals surface area (Å²) in [7, 11) is -3.91. The summed E-state index contributed by atoms with van der Waals surface area (Å²) in [6.45, 7) is 1.48. The first-order valence-electron chi connectivity index (χ1n) is 6.83. The molecule has 0 saturated heterocycles. The number of aliphatic imine (C=N–C) groups is 1. The van der Waals surface area contributed by atoms with Crippen molar-refractivity contribution < 1.29 is 13.3 Å². The third kappa shape index (κ3) is 5.15. The van der Waals surface area contributed by atoms with E-state index in [4.69, 9.17) is 5.14 Å². The van der Waals surface area contributed by atoms with E-state index in [1.165, 1.54) is 0 Å². The second-order valence-electron chi connectivity index (χ2n) is 5.07. The fourth-order valence-corrected chi connectivity index (χ4v) is 3.48. The van der Waals surface area contributed by atoms with Crippen LogP contribution in [0.3, 0.4) is 0 Å². The van der Waals surface area contributed by atoms with Crippen LogP contribution in [0.2, 0.25) is 0 Å². The molecule has 0 aliphatic heterocycles. The lowest BCUT2D eigenvalue weighted by Crippen LogP contribution is -2.15. The van der Waals surface area contributed by atoms with Crippen molar-refractivity contribution in [3.05, 3.63) is 46.0 Å². The van der Waals surface area contributed by atoms with Gasteiger partial charge in [0.25, 0.3) is 10.0 Å². The van der Waals surface area contributed by atoms with Crippen LogP contribution in [-0.2, 0) is 10.0 Å². The van der Waals surface area contributed by atoms with Crippen LogP contribution >= 0.6 is 11.3 Å². The van der Waals surface area contributed by atoms with Gasteiger partial charge < -0.3 is 0 Å². The maximum absolute atomic E-state index is 11.2. The Labute approximate surface area is 142 Å². The minimum Gasteiger partial charge on any atom is -0.265 e. The molecular weight excluding hydrogens is 354 g/mol. The Kier molecular flexibility index (Phi) is 5.70. The summed E-state index contributed by atoms with van der Waals surface area (Å²) in [6, 6.07) is 9.12. The van der Waals surface area contributed by atoms with Crippen LogP contribution in [0.4, 0.5) is 5.13 Å². The molecule has 2 aromatic rings. The average molecular weight is 369 g/mol. The van der Waals surface area contributed by atoms with E-state index in [2.05, 4.69) is 15.2 Å². The molecule has 1 unspecified atom stereocenters. The van der Waals surface area contributed by atoms with Gasteiger partial charge in [0.05, 0.1) is 5.92 Å². The number of hydrogen-bond acceptors (Lipinski definition) is 8. The fourth-order valence-electron chi connectivity index (χ4n) is 2.12. The van der Waals surface area contributed by atoms with Gasteiger partial charge in [-0.05, 0) is 18.9 Å². The minimum absolute atomic E-state index is 0.143. The molecule has 0 fully saturated rings. The molecular formula is C13H15N5O4S2. The van der Waals surface area contributed by atoms with Crippen molar-refractivity contribution in [2.75, 3.05) is 6.54 Å². The number of nitrogens with zero attached hydrogens (tertiary/aromatic N) is 4. The van der Waals surface area contributed by atoms with E-state index < -0.39 is 10.0 Å². The van der Waals surface area contributed by atoms with E-state index in [1.54, 1.807) is 6.92 Å². The van der Waals surface area contributed by atoms with E-state index in [1.807, 2.05) is 30.3 Å². The lowest BCUT2D eigenvalue weighted by atomic mass is 9.94. The van der Waals surface area contributed by atoms with Crippen molar-refractivity contribution in [1.82, 2.24) is 10.2 Å². The molecule has 1 aromatic carbocycles. The van der Waals surface area contributed by atoms with Gasteiger partial charge in [-0.2, -0.15) is 0 Å². The highest BCUT2D eigenvalue weighted by Crippen LogP contribution is 2.25. The molecule has 1 atom stereocenters. The maximum Gasteiger partial charge on any atom is 0.267 e. The number of nitro groups is 1. The molecule has 9 nitrogen and oxygen atoms in total. The molecule has 0 bridgehead atoms. The lowest BCUT2D eigenvalue weighted by Gasteiger charge is -2.12.